The number of aliphatic carboxylic acids is 1. The molecule has 0 aromatic carbocycles. The molecule has 0 saturated carbocycles. The number of carboxylic acids is 1. The number of carbonyl (C=O) groups is 4. The molecule has 0 radical (unpaired) electrons. The van der Waals surface area contributed by atoms with Crippen molar-refractivity contribution in [2.45, 2.75) is 64.5 Å². The van der Waals surface area contributed by atoms with Crippen molar-refractivity contribution in [2.75, 3.05) is 40.8 Å². The van der Waals surface area contributed by atoms with E-state index in [1.54, 1.807) is 6.92 Å². The Morgan fingerprint density at radius 1 is 1.00 bits per heavy atom. The standard InChI is InChI=1S/C20H38N4O5/c1-6-21-17(15(2)25)9-7-8-12-22-18(26)10-11-19(27)23-16(13-20(28)29)14-24(3,4)5/h16-17,21H,6-14H2,1-5H3,(H2-,22,23,26,27,28,29)/p+1/t16-,17-/m1/s1. The summed E-state index contributed by atoms with van der Waals surface area (Å²) in [5.74, 6) is -1.39. The van der Waals surface area contributed by atoms with Crippen LogP contribution in [0.5, 0.6) is 0 Å². The number of likely N-dealkylation sites (N-methyl/N-ethyl adjacent to an activating group) is 2. The lowest BCUT2D eigenvalue weighted by Crippen LogP contribution is -2.49. The van der Waals surface area contributed by atoms with Crippen LogP contribution >= 0.6 is 0 Å². The van der Waals surface area contributed by atoms with Gasteiger partial charge in [0.05, 0.1) is 46.2 Å². The fourth-order valence-corrected chi connectivity index (χ4v) is 3.05. The average Bonchev–Trinajstić information content (AvgIpc) is 2.56. The third-order valence-corrected chi connectivity index (χ3v) is 4.32. The van der Waals surface area contributed by atoms with Crippen molar-refractivity contribution in [3.8, 4) is 0 Å². The lowest BCUT2D eigenvalue weighted by molar-refractivity contribution is -0.871. The van der Waals surface area contributed by atoms with Gasteiger partial charge in [-0.1, -0.05) is 6.92 Å². The van der Waals surface area contributed by atoms with Crippen LogP contribution in [0.15, 0.2) is 0 Å². The number of rotatable bonds is 16. The zero-order chi connectivity index (χ0) is 22.4. The first kappa shape index (κ1) is 27.0. The molecule has 0 aliphatic heterocycles. The maximum absolute atomic E-state index is 12.1. The third kappa shape index (κ3) is 15.6. The lowest BCUT2D eigenvalue weighted by Gasteiger charge is -2.29. The summed E-state index contributed by atoms with van der Waals surface area (Å²) in [7, 11) is 5.77. The Hall–Kier alpha value is -2.00. The number of nitrogens with one attached hydrogen (secondary N) is 3. The van der Waals surface area contributed by atoms with Crippen molar-refractivity contribution in [2.24, 2.45) is 0 Å². The summed E-state index contributed by atoms with van der Waals surface area (Å²) in [5, 5.41) is 17.6. The molecule has 2 atom stereocenters. The van der Waals surface area contributed by atoms with Gasteiger partial charge in [-0.15, -0.1) is 0 Å². The SMILES string of the molecule is CCN[C@H](CCCCNC(=O)CCC(=O)N[C@H](CC(=O)O)C[N+](C)(C)C)C(C)=O. The Morgan fingerprint density at radius 2 is 1.62 bits per heavy atom. The molecule has 9 heteroatoms. The average molecular weight is 416 g/mol. The molecule has 0 spiro atoms. The zero-order valence-electron chi connectivity index (χ0n) is 18.5. The summed E-state index contributed by atoms with van der Waals surface area (Å²) >= 11 is 0. The van der Waals surface area contributed by atoms with Crippen LogP contribution in [0.4, 0.5) is 0 Å². The molecule has 29 heavy (non-hydrogen) atoms. The first-order chi connectivity index (χ1) is 13.4. The number of carboxylic acid groups (broad SMARTS) is 1. The highest BCUT2D eigenvalue weighted by Crippen LogP contribution is 2.03. The van der Waals surface area contributed by atoms with Crippen molar-refractivity contribution < 1.29 is 28.8 Å². The first-order valence-electron chi connectivity index (χ1n) is 10.3. The van der Waals surface area contributed by atoms with E-state index < -0.39 is 12.0 Å². The van der Waals surface area contributed by atoms with Crippen molar-refractivity contribution >= 4 is 23.6 Å². The maximum Gasteiger partial charge on any atom is 0.305 e. The lowest BCUT2D eigenvalue weighted by atomic mass is 10.1. The molecule has 0 bridgehead atoms. The molecule has 0 aromatic rings. The third-order valence-electron chi connectivity index (χ3n) is 4.32. The van der Waals surface area contributed by atoms with Crippen LogP contribution in [0, 0.1) is 0 Å². The van der Waals surface area contributed by atoms with E-state index in [0.29, 0.717) is 17.6 Å². The Balaban J connectivity index is 4.12. The minimum absolute atomic E-state index is 0.0198. The first-order valence-corrected chi connectivity index (χ1v) is 10.3. The van der Waals surface area contributed by atoms with Crippen LogP contribution in [0.2, 0.25) is 0 Å². The Bertz CT molecular complexity index is 545. The van der Waals surface area contributed by atoms with E-state index in [0.717, 1.165) is 25.8 Å². The van der Waals surface area contributed by atoms with Crippen molar-refractivity contribution in [3.63, 3.8) is 0 Å². The number of amides is 2. The highest BCUT2D eigenvalue weighted by molar-refractivity contribution is 5.84. The highest BCUT2D eigenvalue weighted by atomic mass is 16.4. The normalized spacial score (nSPS) is 13.4. The molecule has 168 valence electrons. The second-order valence-corrected chi connectivity index (χ2v) is 8.40. The second-order valence-electron chi connectivity index (χ2n) is 8.40. The van der Waals surface area contributed by atoms with Crippen LogP contribution in [0.25, 0.3) is 0 Å². The van der Waals surface area contributed by atoms with Gasteiger partial charge in [-0.3, -0.25) is 19.2 Å². The van der Waals surface area contributed by atoms with Gasteiger partial charge in [0.25, 0.3) is 0 Å². The van der Waals surface area contributed by atoms with Crippen LogP contribution in [-0.2, 0) is 19.2 Å². The van der Waals surface area contributed by atoms with Gasteiger partial charge in [-0.2, -0.15) is 0 Å². The second kappa shape index (κ2) is 14.1. The highest BCUT2D eigenvalue weighted by Gasteiger charge is 2.23. The maximum atomic E-state index is 12.1. The molecule has 4 N–H and O–H groups in total. The van der Waals surface area contributed by atoms with Gasteiger partial charge in [0.15, 0.2) is 0 Å². The summed E-state index contributed by atoms with van der Waals surface area (Å²) in [6.07, 6.45) is 2.24. The minimum atomic E-state index is -0.970. The summed E-state index contributed by atoms with van der Waals surface area (Å²) in [6.45, 7) is 5.25. The van der Waals surface area contributed by atoms with Crippen LogP contribution in [0.1, 0.15) is 52.4 Å². The van der Waals surface area contributed by atoms with Gasteiger partial charge in [0.1, 0.15) is 5.78 Å². The van der Waals surface area contributed by atoms with E-state index >= 15 is 0 Å². The quantitative estimate of drug-likeness (QED) is 0.212. The molecule has 0 heterocycles. The molecule has 0 saturated heterocycles. The topological polar surface area (TPSA) is 125 Å². The van der Waals surface area contributed by atoms with E-state index in [-0.39, 0.29) is 42.9 Å². The fraction of sp³-hybridized carbons (Fsp3) is 0.800. The van der Waals surface area contributed by atoms with Gasteiger partial charge in [0, 0.05) is 19.4 Å². The Kier molecular flexibility index (Phi) is 13.1. The number of hydrogen-bond donors (Lipinski definition) is 4. The van der Waals surface area contributed by atoms with Crippen LogP contribution in [0.3, 0.4) is 0 Å². The molecule has 0 unspecified atom stereocenters. The zero-order valence-corrected chi connectivity index (χ0v) is 18.5. The summed E-state index contributed by atoms with van der Waals surface area (Å²) < 4.78 is 0.525. The molecule has 0 aliphatic carbocycles. The Labute approximate surface area is 174 Å². The van der Waals surface area contributed by atoms with E-state index in [1.807, 2.05) is 28.1 Å². The van der Waals surface area contributed by atoms with E-state index in [1.165, 1.54) is 0 Å². The number of Topliss-reactive ketones (excluding diaryl/α,β-unsaturated/α-hetero) is 1. The minimum Gasteiger partial charge on any atom is -0.481 e. The predicted molar refractivity (Wildman–Crippen MR) is 111 cm³/mol. The fourth-order valence-electron chi connectivity index (χ4n) is 3.05. The molecule has 0 aliphatic rings. The Morgan fingerprint density at radius 3 is 2.14 bits per heavy atom. The summed E-state index contributed by atoms with van der Waals surface area (Å²) in [5.41, 5.74) is 0. The molecule has 0 rings (SSSR count). The van der Waals surface area contributed by atoms with Crippen molar-refractivity contribution in [1.29, 1.82) is 0 Å². The van der Waals surface area contributed by atoms with E-state index in [2.05, 4.69) is 16.0 Å². The largest absolute Gasteiger partial charge is 0.481 e. The van der Waals surface area contributed by atoms with Crippen molar-refractivity contribution in [3.05, 3.63) is 0 Å². The number of nitrogens with zero attached hydrogens (tertiary/aromatic N) is 1. The molecular weight excluding hydrogens is 376 g/mol. The summed E-state index contributed by atoms with van der Waals surface area (Å²) in [4.78, 5) is 46.4. The van der Waals surface area contributed by atoms with Gasteiger partial charge < -0.3 is 25.5 Å². The van der Waals surface area contributed by atoms with Crippen LogP contribution < -0.4 is 16.0 Å². The van der Waals surface area contributed by atoms with Crippen LogP contribution in [-0.4, -0.2) is 86.0 Å². The number of unbranched alkanes of at least 4 members (excludes halogenated alkanes) is 1. The van der Waals surface area contributed by atoms with Crippen molar-refractivity contribution in [1.82, 2.24) is 16.0 Å². The van der Waals surface area contributed by atoms with Gasteiger partial charge in [-0.05, 0) is 32.7 Å². The predicted octanol–water partition coefficient (Wildman–Crippen LogP) is 0.286. The summed E-state index contributed by atoms with van der Waals surface area (Å²) in [6, 6.07) is -0.612. The monoisotopic (exact) mass is 415 g/mol. The smallest absolute Gasteiger partial charge is 0.305 e. The molecule has 0 fully saturated rings. The molecule has 2 amide bonds. The van der Waals surface area contributed by atoms with Gasteiger partial charge >= 0.3 is 5.97 Å². The van der Waals surface area contributed by atoms with E-state index in [4.69, 9.17) is 5.11 Å². The molecule has 9 nitrogen and oxygen atoms in total. The number of hydrogen-bond acceptors (Lipinski definition) is 5. The van der Waals surface area contributed by atoms with Gasteiger partial charge in [-0.25, -0.2) is 0 Å². The molecular formula is C20H39N4O5+. The number of carbonyl (C=O) groups excluding carboxylic acids is 3. The number of quaternary nitrogens is 1. The molecule has 0 aromatic heterocycles. The van der Waals surface area contributed by atoms with E-state index in [9.17, 15) is 19.2 Å². The van der Waals surface area contributed by atoms with Gasteiger partial charge in [0.2, 0.25) is 11.8 Å². The number of ketones is 1.